The minimum atomic E-state index is 0.713. The zero-order chi connectivity index (χ0) is 10.7. The van der Waals surface area contributed by atoms with Crippen LogP contribution in [-0.4, -0.2) is 61.2 Å². The molecule has 0 aromatic carbocycles. The fraction of sp³-hybridized carbons (Fsp3) is 1.00. The summed E-state index contributed by atoms with van der Waals surface area (Å²) in [6, 6.07) is 1.56. The van der Waals surface area contributed by atoms with Crippen molar-refractivity contribution in [3.63, 3.8) is 0 Å². The number of hydrogen-bond acceptors (Lipinski definition) is 3. The van der Waals surface area contributed by atoms with Crippen LogP contribution in [0, 0.1) is 0 Å². The predicted molar refractivity (Wildman–Crippen MR) is 64.2 cm³/mol. The quantitative estimate of drug-likeness (QED) is 0.724. The van der Waals surface area contributed by atoms with Crippen LogP contribution in [0.5, 0.6) is 0 Å². The van der Waals surface area contributed by atoms with Crippen molar-refractivity contribution in [3.05, 3.63) is 0 Å². The Morgan fingerprint density at radius 3 is 2.40 bits per heavy atom. The molecule has 1 unspecified atom stereocenters. The van der Waals surface area contributed by atoms with E-state index < -0.39 is 0 Å². The van der Waals surface area contributed by atoms with E-state index in [9.17, 15) is 0 Å². The van der Waals surface area contributed by atoms with Gasteiger partial charge in [-0.05, 0) is 26.3 Å². The molecule has 1 saturated heterocycles. The number of piperazine rings is 1. The first-order chi connectivity index (χ1) is 7.29. The summed E-state index contributed by atoms with van der Waals surface area (Å²) >= 11 is 0. The van der Waals surface area contributed by atoms with E-state index in [1.54, 1.807) is 0 Å². The van der Waals surface area contributed by atoms with Crippen molar-refractivity contribution in [2.75, 3.05) is 39.3 Å². The van der Waals surface area contributed by atoms with Gasteiger partial charge < -0.3 is 10.2 Å². The molecule has 2 fully saturated rings. The summed E-state index contributed by atoms with van der Waals surface area (Å²) in [5, 5.41) is 3.62. The summed E-state index contributed by atoms with van der Waals surface area (Å²) in [5.41, 5.74) is 0. The summed E-state index contributed by atoms with van der Waals surface area (Å²) in [6.07, 6.45) is 2.80. The highest BCUT2D eigenvalue weighted by Gasteiger charge is 2.24. The van der Waals surface area contributed by atoms with Crippen molar-refractivity contribution < 1.29 is 0 Å². The zero-order valence-electron chi connectivity index (χ0n) is 10.2. The summed E-state index contributed by atoms with van der Waals surface area (Å²) < 4.78 is 0. The molecule has 1 saturated carbocycles. The smallest absolute Gasteiger partial charge is 0.0193 e. The maximum Gasteiger partial charge on any atom is 0.0193 e. The molecule has 15 heavy (non-hydrogen) atoms. The summed E-state index contributed by atoms with van der Waals surface area (Å²) in [5.74, 6) is 0. The van der Waals surface area contributed by atoms with Crippen LogP contribution in [0.3, 0.4) is 0 Å². The van der Waals surface area contributed by atoms with Crippen molar-refractivity contribution >= 4 is 0 Å². The third-order valence-corrected chi connectivity index (χ3v) is 3.76. The maximum absolute atomic E-state index is 3.62. The molecule has 0 radical (unpaired) electrons. The lowest BCUT2D eigenvalue weighted by atomic mass is 10.2. The van der Waals surface area contributed by atoms with Gasteiger partial charge >= 0.3 is 0 Å². The van der Waals surface area contributed by atoms with Crippen LogP contribution in [0.25, 0.3) is 0 Å². The highest BCUT2D eigenvalue weighted by molar-refractivity contribution is 4.84. The summed E-state index contributed by atoms with van der Waals surface area (Å²) in [7, 11) is 0. The monoisotopic (exact) mass is 211 g/mol. The zero-order valence-corrected chi connectivity index (χ0v) is 10.2. The van der Waals surface area contributed by atoms with Gasteiger partial charge in [-0.15, -0.1) is 0 Å². The van der Waals surface area contributed by atoms with Gasteiger partial charge in [0.15, 0.2) is 0 Å². The van der Waals surface area contributed by atoms with Gasteiger partial charge in [0.2, 0.25) is 0 Å². The molecule has 1 atom stereocenters. The lowest BCUT2D eigenvalue weighted by molar-refractivity contribution is 0.105. The second-order valence-corrected chi connectivity index (χ2v) is 5.00. The van der Waals surface area contributed by atoms with Gasteiger partial charge in [-0.2, -0.15) is 0 Å². The fourth-order valence-corrected chi connectivity index (χ4v) is 2.27. The molecule has 1 aliphatic heterocycles. The molecule has 1 N–H and O–H groups in total. The van der Waals surface area contributed by atoms with Gasteiger partial charge in [0.05, 0.1) is 0 Å². The molecule has 0 aromatic rings. The van der Waals surface area contributed by atoms with E-state index >= 15 is 0 Å². The van der Waals surface area contributed by atoms with E-state index in [4.69, 9.17) is 0 Å². The maximum atomic E-state index is 3.62. The molecule has 0 bridgehead atoms. The van der Waals surface area contributed by atoms with Gasteiger partial charge in [0.1, 0.15) is 0 Å². The minimum absolute atomic E-state index is 0.713. The lowest BCUT2D eigenvalue weighted by Crippen LogP contribution is -2.51. The van der Waals surface area contributed by atoms with Crippen LogP contribution >= 0.6 is 0 Å². The molecular weight excluding hydrogens is 186 g/mol. The Kier molecular flexibility index (Phi) is 4.00. The molecule has 0 spiro atoms. The van der Waals surface area contributed by atoms with Crippen LogP contribution in [0.2, 0.25) is 0 Å². The molecule has 3 nitrogen and oxygen atoms in total. The number of rotatable bonds is 5. The van der Waals surface area contributed by atoms with Gasteiger partial charge in [-0.25, -0.2) is 0 Å². The van der Waals surface area contributed by atoms with Gasteiger partial charge in [0.25, 0.3) is 0 Å². The third-order valence-electron chi connectivity index (χ3n) is 3.76. The first-order valence-electron chi connectivity index (χ1n) is 6.49. The third kappa shape index (κ3) is 3.44. The van der Waals surface area contributed by atoms with Crippen LogP contribution < -0.4 is 5.32 Å². The fourth-order valence-electron chi connectivity index (χ4n) is 2.27. The number of hydrogen-bond donors (Lipinski definition) is 1. The van der Waals surface area contributed by atoms with E-state index in [0.717, 1.165) is 6.04 Å². The van der Waals surface area contributed by atoms with Gasteiger partial charge in [-0.1, -0.05) is 6.92 Å². The normalized spacial score (nSPS) is 26.8. The van der Waals surface area contributed by atoms with Crippen LogP contribution in [0.1, 0.15) is 26.7 Å². The standard InChI is InChI=1S/C12H25N3/c1-3-14-6-8-15(9-7-14)11(2)10-13-12-4-5-12/h11-13H,3-10H2,1-2H3. The van der Waals surface area contributed by atoms with Crippen molar-refractivity contribution in [1.29, 1.82) is 0 Å². The van der Waals surface area contributed by atoms with Crippen LogP contribution in [-0.2, 0) is 0 Å². The largest absolute Gasteiger partial charge is 0.312 e. The number of nitrogens with zero attached hydrogens (tertiary/aromatic N) is 2. The first kappa shape index (κ1) is 11.4. The Morgan fingerprint density at radius 2 is 1.87 bits per heavy atom. The molecule has 1 aliphatic carbocycles. The van der Waals surface area contributed by atoms with Gasteiger partial charge in [-0.3, -0.25) is 4.90 Å². The van der Waals surface area contributed by atoms with E-state index in [1.165, 1.54) is 52.1 Å². The minimum Gasteiger partial charge on any atom is -0.312 e. The summed E-state index contributed by atoms with van der Waals surface area (Å²) in [4.78, 5) is 5.17. The highest BCUT2D eigenvalue weighted by atomic mass is 15.3. The molecule has 2 aliphatic rings. The molecule has 2 rings (SSSR count). The van der Waals surface area contributed by atoms with Gasteiger partial charge in [0, 0.05) is 44.8 Å². The lowest BCUT2D eigenvalue weighted by Gasteiger charge is -2.37. The SMILES string of the molecule is CCN1CCN(C(C)CNC2CC2)CC1. The van der Waals surface area contributed by atoms with E-state index in [-0.39, 0.29) is 0 Å². The second kappa shape index (κ2) is 5.28. The average Bonchev–Trinajstić information content (AvgIpc) is 3.10. The highest BCUT2D eigenvalue weighted by Crippen LogP contribution is 2.18. The molecule has 0 aromatic heterocycles. The Labute approximate surface area is 93.8 Å². The second-order valence-electron chi connectivity index (χ2n) is 5.00. The van der Waals surface area contributed by atoms with E-state index in [1.807, 2.05) is 0 Å². The van der Waals surface area contributed by atoms with Crippen molar-refractivity contribution in [3.8, 4) is 0 Å². The molecule has 1 heterocycles. The van der Waals surface area contributed by atoms with E-state index in [0.29, 0.717) is 6.04 Å². The topological polar surface area (TPSA) is 18.5 Å². The van der Waals surface area contributed by atoms with Crippen LogP contribution in [0.4, 0.5) is 0 Å². The average molecular weight is 211 g/mol. The molecule has 88 valence electrons. The molecule has 3 heteroatoms. The van der Waals surface area contributed by atoms with Crippen molar-refractivity contribution in [1.82, 2.24) is 15.1 Å². The number of nitrogens with one attached hydrogen (secondary N) is 1. The number of likely N-dealkylation sites (N-methyl/N-ethyl adjacent to an activating group) is 1. The first-order valence-corrected chi connectivity index (χ1v) is 6.49. The van der Waals surface area contributed by atoms with E-state index in [2.05, 4.69) is 29.0 Å². The molecular formula is C12H25N3. The summed E-state index contributed by atoms with van der Waals surface area (Å²) in [6.45, 7) is 12.0. The Balaban J connectivity index is 1.64. The van der Waals surface area contributed by atoms with Crippen molar-refractivity contribution in [2.24, 2.45) is 0 Å². The molecule has 0 amide bonds. The van der Waals surface area contributed by atoms with Crippen molar-refractivity contribution in [2.45, 2.75) is 38.8 Å². The Morgan fingerprint density at radius 1 is 1.20 bits per heavy atom. The van der Waals surface area contributed by atoms with Crippen LogP contribution in [0.15, 0.2) is 0 Å². The predicted octanol–water partition coefficient (Wildman–Crippen LogP) is 0.764. The Bertz CT molecular complexity index is 183. The Hall–Kier alpha value is -0.120.